The molecule has 2 aromatic rings. The number of hydrogen-bond donors (Lipinski definition) is 0. The molecule has 5 nitrogen and oxygen atoms in total. The molecule has 0 saturated heterocycles. The number of amides is 1. The number of thioether (sulfide) groups is 1. The quantitative estimate of drug-likeness (QED) is 0.584. The van der Waals surface area contributed by atoms with E-state index in [9.17, 15) is 14.0 Å². The van der Waals surface area contributed by atoms with Gasteiger partial charge in [0.1, 0.15) is 10.8 Å². The lowest BCUT2D eigenvalue weighted by Gasteiger charge is -2.21. The van der Waals surface area contributed by atoms with E-state index in [-0.39, 0.29) is 18.3 Å². The van der Waals surface area contributed by atoms with Crippen LogP contribution in [0, 0.1) is 5.82 Å². The number of ether oxygens (including phenoxy) is 1. The Morgan fingerprint density at radius 2 is 2.08 bits per heavy atom. The molecule has 1 aromatic carbocycles. The zero-order valence-corrected chi connectivity index (χ0v) is 15.0. The molecular formula is C18H19FN2O3S. The number of hydrogen-bond acceptors (Lipinski definition) is 5. The Morgan fingerprint density at radius 1 is 1.32 bits per heavy atom. The van der Waals surface area contributed by atoms with E-state index in [0.29, 0.717) is 16.2 Å². The molecular weight excluding hydrogens is 343 g/mol. The van der Waals surface area contributed by atoms with Crippen LogP contribution in [0.4, 0.5) is 4.39 Å². The summed E-state index contributed by atoms with van der Waals surface area (Å²) in [4.78, 5) is 30.2. The van der Waals surface area contributed by atoms with Crippen molar-refractivity contribution >= 4 is 23.6 Å². The summed E-state index contributed by atoms with van der Waals surface area (Å²) in [6.45, 7) is 1.73. The van der Waals surface area contributed by atoms with Crippen LogP contribution in [0.25, 0.3) is 0 Å². The molecule has 0 aliphatic heterocycles. The zero-order chi connectivity index (χ0) is 18.4. The van der Waals surface area contributed by atoms with Crippen LogP contribution in [0.1, 0.15) is 22.8 Å². The van der Waals surface area contributed by atoms with Crippen LogP contribution in [0.3, 0.4) is 0 Å². The van der Waals surface area contributed by atoms with Crippen LogP contribution in [0.5, 0.6) is 0 Å². The molecule has 1 atom stereocenters. The van der Waals surface area contributed by atoms with Crippen LogP contribution in [-0.4, -0.2) is 41.2 Å². The van der Waals surface area contributed by atoms with E-state index in [1.54, 1.807) is 43.8 Å². The van der Waals surface area contributed by atoms with Gasteiger partial charge in [-0.15, -0.1) is 11.8 Å². The molecule has 0 bridgehead atoms. The molecule has 0 radical (unpaired) electrons. The average Bonchev–Trinajstić information content (AvgIpc) is 2.60. The summed E-state index contributed by atoms with van der Waals surface area (Å²) in [5, 5.41) is 0.542. The lowest BCUT2D eigenvalue weighted by Crippen LogP contribution is -2.37. The molecule has 1 unspecified atom stereocenters. The van der Waals surface area contributed by atoms with Crippen molar-refractivity contribution in [2.45, 2.75) is 24.6 Å². The molecule has 0 fully saturated rings. The number of benzene rings is 1. The normalized spacial score (nSPS) is 11.7. The van der Waals surface area contributed by atoms with Crippen molar-refractivity contribution in [3.8, 4) is 0 Å². The first-order valence-corrected chi connectivity index (χ1v) is 8.84. The summed E-state index contributed by atoms with van der Waals surface area (Å²) < 4.78 is 18.5. The standard InChI is InChI=1S/C18H19FN2O3S/c1-12(24-18(23)15-8-5-9-20-16(15)25-3)17(22)21(2)11-13-6-4-7-14(19)10-13/h4-10,12H,11H2,1-3H3. The lowest BCUT2D eigenvalue weighted by molar-refractivity contribution is -0.139. The summed E-state index contributed by atoms with van der Waals surface area (Å²) in [7, 11) is 1.58. The minimum Gasteiger partial charge on any atom is -0.449 e. The maximum absolute atomic E-state index is 13.2. The highest BCUT2D eigenvalue weighted by Gasteiger charge is 2.23. The third-order valence-corrected chi connectivity index (χ3v) is 4.21. The third kappa shape index (κ3) is 5.03. The van der Waals surface area contributed by atoms with Crippen LogP contribution in [0.15, 0.2) is 47.6 Å². The molecule has 1 aromatic heterocycles. The monoisotopic (exact) mass is 362 g/mol. The second kappa shape index (κ2) is 8.62. The first-order valence-electron chi connectivity index (χ1n) is 7.61. The van der Waals surface area contributed by atoms with Crippen molar-refractivity contribution in [3.05, 3.63) is 59.5 Å². The lowest BCUT2D eigenvalue weighted by atomic mass is 10.2. The van der Waals surface area contributed by atoms with E-state index in [0.717, 1.165) is 0 Å². The topological polar surface area (TPSA) is 59.5 Å². The smallest absolute Gasteiger partial charge is 0.341 e. The van der Waals surface area contributed by atoms with E-state index in [2.05, 4.69) is 4.98 Å². The summed E-state index contributed by atoms with van der Waals surface area (Å²) in [5.41, 5.74) is 0.980. The number of likely N-dealkylation sites (N-methyl/N-ethyl adjacent to an activating group) is 1. The predicted octanol–water partition coefficient (Wildman–Crippen LogP) is 3.15. The Hall–Kier alpha value is -2.41. The van der Waals surface area contributed by atoms with Gasteiger partial charge in [0, 0.05) is 19.8 Å². The molecule has 0 spiro atoms. The van der Waals surface area contributed by atoms with Gasteiger partial charge in [0.15, 0.2) is 6.10 Å². The maximum Gasteiger partial charge on any atom is 0.341 e. The first kappa shape index (κ1) is 18.9. The Bertz CT molecular complexity index is 769. The van der Waals surface area contributed by atoms with Gasteiger partial charge in [-0.05, 0) is 43.0 Å². The van der Waals surface area contributed by atoms with Gasteiger partial charge in [-0.1, -0.05) is 12.1 Å². The highest BCUT2D eigenvalue weighted by molar-refractivity contribution is 7.98. The predicted molar refractivity (Wildman–Crippen MR) is 93.8 cm³/mol. The Balaban J connectivity index is 2.00. The number of pyridine rings is 1. The maximum atomic E-state index is 13.2. The second-order valence-corrected chi connectivity index (χ2v) is 6.23. The zero-order valence-electron chi connectivity index (χ0n) is 14.2. The number of carbonyl (C=O) groups excluding carboxylic acids is 2. The van der Waals surface area contributed by atoms with Crippen molar-refractivity contribution in [1.29, 1.82) is 0 Å². The van der Waals surface area contributed by atoms with E-state index in [4.69, 9.17) is 4.74 Å². The number of nitrogens with zero attached hydrogens (tertiary/aromatic N) is 2. The summed E-state index contributed by atoms with van der Waals surface area (Å²) in [5.74, 6) is -1.33. The van der Waals surface area contributed by atoms with Crippen molar-refractivity contribution in [1.82, 2.24) is 9.88 Å². The summed E-state index contributed by atoms with van der Waals surface area (Å²) >= 11 is 1.33. The molecule has 7 heteroatoms. The van der Waals surface area contributed by atoms with Crippen LogP contribution < -0.4 is 0 Å². The number of aromatic nitrogens is 1. The van der Waals surface area contributed by atoms with Crippen molar-refractivity contribution < 1.29 is 18.7 Å². The largest absolute Gasteiger partial charge is 0.449 e. The number of rotatable bonds is 6. The molecule has 25 heavy (non-hydrogen) atoms. The Morgan fingerprint density at radius 3 is 2.76 bits per heavy atom. The van der Waals surface area contributed by atoms with E-state index in [1.165, 1.54) is 35.7 Å². The van der Waals surface area contributed by atoms with Crippen molar-refractivity contribution in [3.63, 3.8) is 0 Å². The van der Waals surface area contributed by atoms with Gasteiger partial charge in [-0.2, -0.15) is 0 Å². The highest BCUT2D eigenvalue weighted by atomic mass is 32.2. The number of carbonyl (C=O) groups is 2. The van der Waals surface area contributed by atoms with Gasteiger partial charge in [0.2, 0.25) is 0 Å². The Labute approximate surface area is 150 Å². The fraction of sp³-hybridized carbons (Fsp3) is 0.278. The van der Waals surface area contributed by atoms with E-state index >= 15 is 0 Å². The molecule has 0 aliphatic carbocycles. The van der Waals surface area contributed by atoms with Crippen LogP contribution >= 0.6 is 11.8 Å². The van der Waals surface area contributed by atoms with E-state index < -0.39 is 12.1 Å². The first-order chi connectivity index (χ1) is 11.9. The molecule has 0 N–H and O–H groups in total. The SMILES string of the molecule is CSc1ncccc1C(=O)OC(C)C(=O)N(C)Cc1cccc(F)c1. The van der Waals surface area contributed by atoms with Gasteiger partial charge in [0.05, 0.1) is 5.56 Å². The minimum atomic E-state index is -0.957. The van der Waals surface area contributed by atoms with Gasteiger partial charge >= 0.3 is 5.97 Å². The average molecular weight is 362 g/mol. The van der Waals surface area contributed by atoms with Crippen LogP contribution in [0.2, 0.25) is 0 Å². The summed E-state index contributed by atoms with van der Waals surface area (Å²) in [6, 6.07) is 9.25. The molecule has 132 valence electrons. The molecule has 1 heterocycles. The third-order valence-electron chi connectivity index (χ3n) is 3.50. The molecule has 2 rings (SSSR count). The van der Waals surface area contributed by atoms with Gasteiger partial charge in [0.25, 0.3) is 5.91 Å². The molecule has 0 saturated carbocycles. The Kier molecular flexibility index (Phi) is 6.52. The van der Waals surface area contributed by atoms with Crippen LogP contribution in [-0.2, 0) is 16.1 Å². The number of halogens is 1. The van der Waals surface area contributed by atoms with Crippen molar-refractivity contribution in [2.24, 2.45) is 0 Å². The fourth-order valence-electron chi connectivity index (χ4n) is 2.28. The van der Waals surface area contributed by atoms with E-state index in [1.807, 2.05) is 0 Å². The number of esters is 1. The molecule has 1 amide bonds. The van der Waals surface area contributed by atoms with Gasteiger partial charge < -0.3 is 9.64 Å². The second-order valence-electron chi connectivity index (χ2n) is 5.43. The van der Waals surface area contributed by atoms with Crippen molar-refractivity contribution in [2.75, 3.05) is 13.3 Å². The molecule has 0 aliphatic rings. The highest BCUT2D eigenvalue weighted by Crippen LogP contribution is 2.18. The minimum absolute atomic E-state index is 0.224. The van der Waals surface area contributed by atoms with Gasteiger partial charge in [-0.3, -0.25) is 4.79 Å². The van der Waals surface area contributed by atoms with Gasteiger partial charge in [-0.25, -0.2) is 14.2 Å². The fourth-order valence-corrected chi connectivity index (χ4v) is 2.82. The summed E-state index contributed by atoms with van der Waals surface area (Å²) in [6.07, 6.45) is 2.44.